The topological polar surface area (TPSA) is 46.6 Å². The zero-order valence-electron chi connectivity index (χ0n) is 11.2. The van der Waals surface area contributed by atoms with Gasteiger partial charge >= 0.3 is 0 Å². The van der Waals surface area contributed by atoms with E-state index in [1.807, 2.05) is 0 Å². The van der Waals surface area contributed by atoms with Crippen LogP contribution in [0.3, 0.4) is 0 Å². The Bertz CT molecular complexity index is 588. The molecule has 2 aliphatic carbocycles. The third kappa shape index (κ3) is 1.58. The van der Waals surface area contributed by atoms with Crippen molar-refractivity contribution in [3.05, 3.63) is 10.1 Å². The number of hydroxylamine groups is 2. The van der Waals surface area contributed by atoms with Gasteiger partial charge in [-0.05, 0) is 13.8 Å². The van der Waals surface area contributed by atoms with Crippen LogP contribution in [0.5, 0.6) is 0 Å². The summed E-state index contributed by atoms with van der Waals surface area (Å²) >= 11 is 37.9. The number of alkyl halides is 4. The van der Waals surface area contributed by atoms with Gasteiger partial charge in [0.25, 0.3) is 11.8 Å². The van der Waals surface area contributed by atoms with E-state index in [0.717, 1.165) is 0 Å². The van der Waals surface area contributed by atoms with E-state index in [9.17, 15) is 9.59 Å². The molecule has 3 aliphatic rings. The minimum absolute atomic E-state index is 0.121. The van der Waals surface area contributed by atoms with Gasteiger partial charge in [0.05, 0.1) is 28.0 Å². The van der Waals surface area contributed by atoms with Crippen molar-refractivity contribution in [1.29, 1.82) is 0 Å². The molecular weight excluding hydrogens is 419 g/mol. The van der Waals surface area contributed by atoms with Gasteiger partial charge in [0, 0.05) is 0 Å². The standard InChI is InChI=1S/C12H9Cl6NO3/c1-3(2)22-19-8(20)4-5(9(19)21)11(16)7(14)6(13)10(4,15)12(11,17)18/h3-5H,1-2H3/t4-,5-,10+,11+/m0/s1. The molecule has 0 aromatic heterocycles. The third-order valence-electron chi connectivity index (χ3n) is 4.18. The highest BCUT2D eigenvalue weighted by Crippen LogP contribution is 2.77. The molecule has 4 nitrogen and oxygen atoms in total. The van der Waals surface area contributed by atoms with Gasteiger partial charge < -0.3 is 0 Å². The molecule has 1 heterocycles. The highest BCUT2D eigenvalue weighted by Gasteiger charge is 2.87. The number of hydrogen-bond donors (Lipinski definition) is 0. The second kappa shape index (κ2) is 4.81. The molecule has 0 radical (unpaired) electrons. The van der Waals surface area contributed by atoms with E-state index in [1.54, 1.807) is 13.8 Å². The zero-order valence-corrected chi connectivity index (χ0v) is 15.7. The summed E-state index contributed by atoms with van der Waals surface area (Å²) in [5, 5.41) is 0.408. The zero-order chi connectivity index (χ0) is 16.8. The molecule has 1 saturated carbocycles. The lowest BCUT2D eigenvalue weighted by molar-refractivity contribution is -0.200. The van der Waals surface area contributed by atoms with Crippen molar-refractivity contribution < 1.29 is 14.4 Å². The number of carbonyl (C=O) groups is 2. The van der Waals surface area contributed by atoms with Crippen LogP contribution < -0.4 is 0 Å². The molecule has 2 fully saturated rings. The first kappa shape index (κ1) is 17.4. The first-order valence-corrected chi connectivity index (χ1v) is 8.57. The van der Waals surface area contributed by atoms with Gasteiger partial charge in [0.2, 0.25) is 0 Å². The normalized spacial score (nSPS) is 42.9. The lowest BCUT2D eigenvalue weighted by Crippen LogP contribution is -2.50. The van der Waals surface area contributed by atoms with Crippen LogP contribution in [-0.2, 0) is 14.4 Å². The van der Waals surface area contributed by atoms with E-state index in [4.69, 9.17) is 74.4 Å². The quantitative estimate of drug-likeness (QED) is 0.497. The van der Waals surface area contributed by atoms with Gasteiger partial charge in [-0.15, -0.1) is 23.2 Å². The minimum atomic E-state index is -1.91. The van der Waals surface area contributed by atoms with Crippen molar-refractivity contribution >= 4 is 81.4 Å². The SMILES string of the molecule is CC(C)ON1C(=O)[C@@H]2[C@@H](C1=O)[C@@]1(Cl)C(Cl)=C(Cl)[C@@]2(Cl)C1(Cl)Cl. The molecule has 22 heavy (non-hydrogen) atoms. The van der Waals surface area contributed by atoms with Gasteiger partial charge in [-0.25, -0.2) is 0 Å². The van der Waals surface area contributed by atoms with Crippen LogP contribution >= 0.6 is 69.6 Å². The summed E-state index contributed by atoms with van der Waals surface area (Å²) in [7, 11) is 0. The Hall–Kier alpha value is 0.580. The van der Waals surface area contributed by atoms with Crippen molar-refractivity contribution in [3.63, 3.8) is 0 Å². The van der Waals surface area contributed by atoms with E-state index < -0.39 is 43.8 Å². The number of rotatable bonds is 2. The number of fused-ring (bicyclic) bond motifs is 5. The molecule has 1 aliphatic heterocycles. The Kier molecular flexibility index (Phi) is 3.81. The predicted octanol–water partition coefficient (Wildman–Crippen LogP) is 3.77. The number of allylic oxidation sites excluding steroid dienone is 2. The Balaban J connectivity index is 2.19. The largest absolute Gasteiger partial charge is 0.272 e. The van der Waals surface area contributed by atoms with Crippen LogP contribution in [0.15, 0.2) is 10.1 Å². The molecule has 4 atom stereocenters. The summed E-state index contributed by atoms with van der Waals surface area (Å²) in [4.78, 5) is 26.9. The second-order valence-electron chi connectivity index (χ2n) is 5.71. The van der Waals surface area contributed by atoms with Crippen molar-refractivity contribution in [1.82, 2.24) is 5.06 Å². The van der Waals surface area contributed by atoms with Crippen LogP contribution in [0.2, 0.25) is 0 Å². The maximum absolute atomic E-state index is 12.6. The monoisotopic (exact) mass is 425 g/mol. The summed E-state index contributed by atoms with van der Waals surface area (Å²) in [6.07, 6.45) is -0.405. The van der Waals surface area contributed by atoms with Crippen molar-refractivity contribution in [2.24, 2.45) is 11.8 Å². The van der Waals surface area contributed by atoms with Gasteiger partial charge in [-0.3, -0.25) is 14.4 Å². The Labute approximate surface area is 156 Å². The lowest BCUT2D eigenvalue weighted by atomic mass is 9.84. The molecule has 0 unspecified atom stereocenters. The van der Waals surface area contributed by atoms with Crippen LogP contribution in [0.1, 0.15) is 13.8 Å². The smallest absolute Gasteiger partial charge is 0.259 e. The van der Waals surface area contributed by atoms with Crippen molar-refractivity contribution in [2.75, 3.05) is 0 Å². The van der Waals surface area contributed by atoms with Crippen molar-refractivity contribution in [3.8, 4) is 0 Å². The second-order valence-corrected chi connectivity index (χ2v) is 8.98. The van der Waals surface area contributed by atoms with Gasteiger partial charge in [-0.1, -0.05) is 46.4 Å². The number of carbonyl (C=O) groups excluding carboxylic acids is 2. The molecular formula is C12H9Cl6NO3. The molecule has 2 bridgehead atoms. The number of halogens is 6. The molecule has 122 valence electrons. The van der Waals surface area contributed by atoms with Gasteiger partial charge in [-0.2, -0.15) is 5.06 Å². The molecule has 1 saturated heterocycles. The highest BCUT2D eigenvalue weighted by molar-refractivity contribution is 6.66. The molecule has 0 aromatic rings. The molecule has 0 aromatic carbocycles. The highest BCUT2D eigenvalue weighted by atomic mass is 35.5. The van der Waals surface area contributed by atoms with E-state index in [2.05, 4.69) is 0 Å². The fourth-order valence-corrected chi connectivity index (χ4v) is 6.21. The van der Waals surface area contributed by atoms with Crippen LogP contribution in [0, 0.1) is 11.8 Å². The third-order valence-corrected chi connectivity index (χ3v) is 8.44. The number of nitrogens with zero attached hydrogens (tertiary/aromatic N) is 1. The fraction of sp³-hybridized carbons (Fsp3) is 0.667. The van der Waals surface area contributed by atoms with E-state index in [0.29, 0.717) is 5.06 Å². The average molecular weight is 428 g/mol. The molecule has 10 heteroatoms. The summed E-state index contributed by atoms with van der Waals surface area (Å²) in [5.41, 5.74) is 0. The summed E-state index contributed by atoms with van der Waals surface area (Å²) in [6.45, 7) is 3.34. The lowest BCUT2D eigenvalue weighted by Gasteiger charge is -2.34. The fourth-order valence-electron chi connectivity index (χ4n) is 3.28. The summed E-state index contributed by atoms with van der Waals surface area (Å²) in [6, 6.07) is 0. The number of amides is 2. The van der Waals surface area contributed by atoms with Crippen LogP contribution in [0.4, 0.5) is 0 Å². The number of hydrogen-bond acceptors (Lipinski definition) is 3. The maximum atomic E-state index is 12.6. The van der Waals surface area contributed by atoms with Crippen molar-refractivity contribution in [2.45, 2.75) is 34.0 Å². The van der Waals surface area contributed by atoms with Gasteiger partial charge in [0.15, 0.2) is 4.33 Å². The van der Waals surface area contributed by atoms with E-state index in [1.165, 1.54) is 0 Å². The van der Waals surface area contributed by atoms with Crippen LogP contribution in [-0.4, -0.2) is 37.1 Å². The minimum Gasteiger partial charge on any atom is -0.272 e. The molecule has 0 N–H and O–H groups in total. The van der Waals surface area contributed by atoms with E-state index in [-0.39, 0.29) is 10.1 Å². The molecule has 2 amide bonds. The van der Waals surface area contributed by atoms with Gasteiger partial charge in [0.1, 0.15) is 9.75 Å². The first-order valence-electron chi connectivity index (χ1n) is 6.30. The maximum Gasteiger partial charge on any atom is 0.259 e. The average Bonchev–Trinajstić information content (AvgIpc) is 2.78. The summed E-state index contributed by atoms with van der Waals surface area (Å²) < 4.78 is -1.91. The Morgan fingerprint density at radius 3 is 1.64 bits per heavy atom. The van der Waals surface area contributed by atoms with E-state index >= 15 is 0 Å². The predicted molar refractivity (Wildman–Crippen MR) is 85.4 cm³/mol. The summed E-state index contributed by atoms with van der Waals surface area (Å²) in [5.74, 6) is -3.67. The Morgan fingerprint density at radius 2 is 1.32 bits per heavy atom. The molecule has 3 rings (SSSR count). The molecule has 0 spiro atoms. The Morgan fingerprint density at radius 1 is 0.955 bits per heavy atom. The number of imide groups is 1. The first-order chi connectivity index (χ1) is 9.94. The van der Waals surface area contributed by atoms with Crippen LogP contribution in [0.25, 0.3) is 0 Å².